The maximum Gasteiger partial charge on any atom is 0.251 e. The van der Waals surface area contributed by atoms with Crippen molar-refractivity contribution in [1.29, 1.82) is 0 Å². The van der Waals surface area contributed by atoms with Gasteiger partial charge in [-0.15, -0.1) is 24.8 Å². The van der Waals surface area contributed by atoms with Crippen molar-refractivity contribution in [3.63, 3.8) is 0 Å². The monoisotopic (exact) mass is 1160 g/mol. The number of fused-ring (bicyclic) bond motifs is 2. The number of hydrogen-bond acceptors (Lipinski definition) is 12. The summed E-state index contributed by atoms with van der Waals surface area (Å²) in [5.41, 5.74) is 2.97. The van der Waals surface area contributed by atoms with Crippen LogP contribution in [-0.4, -0.2) is 166 Å². The summed E-state index contributed by atoms with van der Waals surface area (Å²) in [6.07, 6.45) is 1.54. The Morgan fingerprint density at radius 1 is 0.852 bits per heavy atom. The smallest absolute Gasteiger partial charge is 0.251 e. The van der Waals surface area contributed by atoms with Gasteiger partial charge in [-0.2, -0.15) is 0 Å². The van der Waals surface area contributed by atoms with Crippen molar-refractivity contribution < 1.29 is 47.0 Å². The van der Waals surface area contributed by atoms with Gasteiger partial charge in [0, 0.05) is 94.9 Å². The van der Waals surface area contributed by atoms with E-state index in [9.17, 15) is 33.2 Å². The number of carbonyl (C=O) groups excluding carboxylic acids is 6. The molecular weight excluding hydrogens is 1090 g/mol. The van der Waals surface area contributed by atoms with Crippen molar-refractivity contribution in [2.24, 2.45) is 5.92 Å². The van der Waals surface area contributed by atoms with Gasteiger partial charge in [0.1, 0.15) is 23.7 Å². The van der Waals surface area contributed by atoms with Crippen molar-refractivity contribution in [3.8, 4) is 0 Å². The number of hydrogen-bond donors (Lipinski definition) is 6. The van der Waals surface area contributed by atoms with E-state index in [1.54, 1.807) is 49.2 Å². The predicted octanol–water partition coefficient (Wildman–Crippen LogP) is 4.47. The van der Waals surface area contributed by atoms with E-state index in [4.69, 9.17) is 9.47 Å². The Labute approximate surface area is 485 Å². The predicted molar refractivity (Wildman–Crippen MR) is 309 cm³/mol. The summed E-state index contributed by atoms with van der Waals surface area (Å²) in [6.45, 7) is 13.2. The second kappa shape index (κ2) is 27.8. The molecule has 0 bridgehead atoms. The van der Waals surface area contributed by atoms with Crippen LogP contribution in [-0.2, 0) is 51.8 Å². The van der Waals surface area contributed by atoms with Gasteiger partial charge in [0.25, 0.3) is 11.8 Å². The number of likely N-dealkylation sites (N-methyl/N-ethyl adjacent to an activating group) is 1. The highest BCUT2D eigenvalue weighted by Gasteiger charge is 2.48. The Morgan fingerprint density at radius 2 is 1.58 bits per heavy atom. The summed E-state index contributed by atoms with van der Waals surface area (Å²) in [5, 5.41) is 17.8. The van der Waals surface area contributed by atoms with Gasteiger partial charge in [0.2, 0.25) is 23.6 Å². The molecule has 22 heteroatoms. The zero-order valence-electron chi connectivity index (χ0n) is 46.6. The Balaban J connectivity index is 0.00000473. The van der Waals surface area contributed by atoms with Gasteiger partial charge >= 0.3 is 0 Å². The number of benzene rings is 4. The lowest BCUT2D eigenvalue weighted by Crippen LogP contribution is -2.62. The van der Waals surface area contributed by atoms with Crippen molar-refractivity contribution >= 4 is 71.6 Å². The molecule has 3 fully saturated rings. The highest BCUT2D eigenvalue weighted by atomic mass is 35.5. The number of nitrogens with one attached hydrogen (secondary N) is 6. The van der Waals surface area contributed by atoms with E-state index in [0.717, 1.165) is 42.4 Å². The topological polar surface area (TPSA) is 206 Å². The van der Waals surface area contributed by atoms with Crippen LogP contribution in [0.3, 0.4) is 0 Å². The molecule has 5 aliphatic heterocycles. The molecule has 9 rings (SSSR count). The van der Waals surface area contributed by atoms with Crippen LogP contribution in [0, 0.1) is 17.6 Å². The Morgan fingerprint density at radius 3 is 2.32 bits per heavy atom. The molecular formula is C59H76Cl2F2N10O8. The minimum absolute atomic E-state index is 0. The fourth-order valence-corrected chi connectivity index (χ4v) is 11.6. The number of halogens is 4. The van der Waals surface area contributed by atoms with Gasteiger partial charge in [-0.25, -0.2) is 8.78 Å². The number of rotatable bonds is 18. The van der Waals surface area contributed by atoms with E-state index in [-0.39, 0.29) is 116 Å². The van der Waals surface area contributed by atoms with E-state index >= 15 is 4.39 Å². The van der Waals surface area contributed by atoms with Crippen LogP contribution in [0.5, 0.6) is 0 Å². The lowest BCUT2D eigenvalue weighted by molar-refractivity contribution is -0.144. The first-order chi connectivity index (χ1) is 38.0. The first kappa shape index (κ1) is 62.5. The number of morpholine rings is 1. The fourth-order valence-electron chi connectivity index (χ4n) is 11.6. The molecule has 0 radical (unpaired) electrons. The van der Waals surface area contributed by atoms with Crippen LogP contribution in [0.15, 0.2) is 84.9 Å². The van der Waals surface area contributed by atoms with Crippen molar-refractivity contribution in [2.75, 3.05) is 96.0 Å². The first-order valence-corrected chi connectivity index (χ1v) is 27.6. The van der Waals surface area contributed by atoms with E-state index in [2.05, 4.69) is 55.5 Å². The Hall–Kier alpha value is -6.10. The molecule has 4 aromatic rings. The molecule has 7 atom stereocenters. The lowest BCUT2D eigenvalue weighted by Gasteiger charge is -2.43. The van der Waals surface area contributed by atoms with E-state index in [1.807, 2.05) is 31.2 Å². The van der Waals surface area contributed by atoms with Crippen LogP contribution >= 0.6 is 24.8 Å². The standard InChI is InChI=1S/C59H74F2N10O8.2ClH/c1-36-30-69(45(29-65-36)32-68-22-25-79-34-37(68)2)33-51(72)71-35-59(4,47-16-12-40(27-50(47)71)26-39-10-14-44(60)15-11-39)58(77)64-21-20-63-55(74)42-13-17-48(61)49(28-42)66-56(75)53-46-9-7-6-8-43(46)31-70(53)57(76)52(41-18-23-78-24-19-41)67-54(73)38(3)62-5;;/h6-17,27-28,36-38,41,45,52-53,62,65H,18-26,29-35H2,1-5H3,(H,63,74)(H,64,77)(H,66,75)(H,67,73);2*1H/t36-,37-,38?,45-,52?,53+,59?;;/m1../s1. The summed E-state index contributed by atoms with van der Waals surface area (Å²) in [7, 11) is 1.65. The average molecular weight is 1160 g/mol. The summed E-state index contributed by atoms with van der Waals surface area (Å²) in [5.74, 6) is -3.98. The number of piperazine rings is 1. The molecule has 18 nitrogen and oxygen atoms in total. The minimum Gasteiger partial charge on any atom is -0.381 e. The van der Waals surface area contributed by atoms with Crippen molar-refractivity contribution in [3.05, 3.63) is 130 Å². The second-order valence-corrected chi connectivity index (χ2v) is 22.0. The molecule has 438 valence electrons. The average Bonchev–Trinajstić information content (AvgIpc) is 4.25. The third kappa shape index (κ3) is 14.4. The molecule has 0 spiro atoms. The van der Waals surface area contributed by atoms with Crippen molar-refractivity contribution in [2.45, 2.75) is 95.2 Å². The summed E-state index contributed by atoms with van der Waals surface area (Å²) < 4.78 is 40.7. The molecule has 3 unspecified atom stereocenters. The molecule has 5 heterocycles. The van der Waals surface area contributed by atoms with Gasteiger partial charge in [0.05, 0.1) is 36.9 Å². The van der Waals surface area contributed by atoms with E-state index in [1.165, 1.54) is 29.2 Å². The highest BCUT2D eigenvalue weighted by Crippen LogP contribution is 2.42. The first-order valence-electron chi connectivity index (χ1n) is 27.6. The summed E-state index contributed by atoms with van der Waals surface area (Å²) in [6, 6.07) is 20.5. The third-order valence-electron chi connectivity index (χ3n) is 16.4. The minimum atomic E-state index is -1.18. The molecule has 6 N–H and O–H groups in total. The summed E-state index contributed by atoms with van der Waals surface area (Å²) >= 11 is 0. The lowest BCUT2D eigenvalue weighted by atomic mass is 9.83. The number of ether oxygens (including phenoxy) is 2. The van der Waals surface area contributed by atoms with Crippen LogP contribution in [0.25, 0.3) is 0 Å². The largest absolute Gasteiger partial charge is 0.381 e. The fraction of sp³-hybridized carbons (Fsp3) is 0.492. The molecule has 81 heavy (non-hydrogen) atoms. The van der Waals surface area contributed by atoms with Crippen molar-refractivity contribution in [1.82, 2.24) is 41.3 Å². The zero-order valence-corrected chi connectivity index (χ0v) is 48.2. The molecule has 0 aromatic heterocycles. The maximum atomic E-state index is 15.6. The number of anilines is 2. The number of amides is 6. The van der Waals surface area contributed by atoms with Crippen LogP contribution in [0.1, 0.15) is 84.8 Å². The second-order valence-electron chi connectivity index (χ2n) is 22.0. The molecule has 4 aromatic carbocycles. The SMILES string of the molecule is CNC(C)C(=O)NC(C(=O)N1Cc2ccccc2[C@H]1C(=O)Nc1cc(C(=O)NCCNC(=O)C2(C)CN(C(=O)CN3C[C@@H](C)NC[C@@H]3CN3CCOC[C@H]3C)c3cc(Cc4ccc(F)cc4)ccc32)ccc1F)C1CCOCC1.Cl.Cl. The number of carbonyl (C=O) groups is 6. The van der Waals surface area contributed by atoms with Gasteiger partial charge in [-0.05, 0) is 124 Å². The zero-order chi connectivity index (χ0) is 56.0. The quantitative estimate of drug-likeness (QED) is 0.0764. The maximum absolute atomic E-state index is 15.6. The van der Waals surface area contributed by atoms with Crippen LogP contribution < -0.4 is 36.8 Å². The molecule has 0 saturated carbocycles. The normalized spacial score (nSPS) is 22.7. The molecule has 3 saturated heterocycles. The Bertz CT molecular complexity index is 2900. The third-order valence-corrected chi connectivity index (χ3v) is 16.4. The van der Waals surface area contributed by atoms with Gasteiger partial charge in [-0.3, -0.25) is 38.6 Å². The summed E-state index contributed by atoms with van der Waals surface area (Å²) in [4.78, 5) is 92.7. The van der Waals surface area contributed by atoms with Crippen LogP contribution in [0.2, 0.25) is 0 Å². The Kier molecular flexibility index (Phi) is 21.4. The molecule has 5 aliphatic rings. The van der Waals surface area contributed by atoms with E-state index < -0.39 is 47.1 Å². The van der Waals surface area contributed by atoms with Crippen LogP contribution in [0.4, 0.5) is 20.2 Å². The van der Waals surface area contributed by atoms with Gasteiger partial charge in [0.15, 0.2) is 0 Å². The molecule has 0 aliphatic carbocycles. The van der Waals surface area contributed by atoms with Gasteiger partial charge in [-0.1, -0.05) is 48.5 Å². The van der Waals surface area contributed by atoms with Gasteiger partial charge < -0.3 is 51.2 Å². The molecule has 6 amide bonds. The number of nitrogens with zero attached hydrogens (tertiary/aromatic N) is 4. The highest BCUT2D eigenvalue weighted by molar-refractivity contribution is 6.04. The van der Waals surface area contributed by atoms with E-state index in [0.29, 0.717) is 69.0 Å².